The summed E-state index contributed by atoms with van der Waals surface area (Å²) in [6.45, 7) is 1.39. The quantitative estimate of drug-likeness (QED) is 0.688. The number of nitrogens with zero attached hydrogens (tertiary/aromatic N) is 2. The molecule has 0 spiro atoms. The second kappa shape index (κ2) is 7.33. The number of imidazole rings is 1. The van der Waals surface area contributed by atoms with E-state index in [-0.39, 0.29) is 17.0 Å². The zero-order valence-corrected chi connectivity index (χ0v) is 15.1. The molecular formula is C20H17N2O5-. The van der Waals surface area contributed by atoms with E-state index < -0.39 is 5.97 Å². The molecule has 0 saturated carbocycles. The molecule has 27 heavy (non-hydrogen) atoms. The Morgan fingerprint density at radius 1 is 1.07 bits per heavy atom. The predicted molar refractivity (Wildman–Crippen MR) is 98.8 cm³/mol. The lowest BCUT2D eigenvalue weighted by molar-refractivity contribution is -0.254. The fourth-order valence-corrected chi connectivity index (χ4v) is 2.85. The van der Waals surface area contributed by atoms with E-state index in [2.05, 4.69) is 4.98 Å². The summed E-state index contributed by atoms with van der Waals surface area (Å²) < 4.78 is 11.8. The van der Waals surface area contributed by atoms with Crippen molar-refractivity contribution >= 4 is 35.1 Å². The first-order valence-corrected chi connectivity index (χ1v) is 8.10. The second-order valence-electron chi connectivity index (χ2n) is 5.73. The number of methoxy groups -OCH3 is 2. The summed E-state index contributed by atoms with van der Waals surface area (Å²) in [5.41, 5.74) is 1.36. The van der Waals surface area contributed by atoms with Crippen molar-refractivity contribution in [3.63, 3.8) is 0 Å². The Balaban J connectivity index is 2.10. The van der Waals surface area contributed by atoms with Crippen molar-refractivity contribution in [2.24, 2.45) is 0 Å². The number of carboxylic acid groups (broad SMARTS) is 1. The van der Waals surface area contributed by atoms with Crippen LogP contribution in [-0.4, -0.2) is 35.6 Å². The minimum Gasteiger partial charge on any atom is -0.545 e. The Bertz CT molecular complexity index is 1070. The van der Waals surface area contributed by atoms with Gasteiger partial charge in [-0.15, -0.1) is 0 Å². The van der Waals surface area contributed by atoms with Gasteiger partial charge in [0.1, 0.15) is 5.82 Å². The van der Waals surface area contributed by atoms with E-state index in [4.69, 9.17) is 9.47 Å². The maximum Gasteiger partial charge on any atom is 0.229 e. The zero-order valence-electron chi connectivity index (χ0n) is 15.1. The molecule has 0 aliphatic carbocycles. The molecule has 0 fully saturated rings. The summed E-state index contributed by atoms with van der Waals surface area (Å²) in [4.78, 5) is 27.8. The Hall–Kier alpha value is -3.61. The summed E-state index contributed by atoms with van der Waals surface area (Å²) in [6, 6.07) is 9.96. The summed E-state index contributed by atoms with van der Waals surface area (Å²) in [6.07, 6.45) is 3.39. The van der Waals surface area contributed by atoms with E-state index in [9.17, 15) is 14.7 Å². The molecule has 138 valence electrons. The van der Waals surface area contributed by atoms with Crippen LogP contribution in [0.1, 0.15) is 33.5 Å². The van der Waals surface area contributed by atoms with Crippen LogP contribution in [0, 0.1) is 0 Å². The van der Waals surface area contributed by atoms with Gasteiger partial charge in [-0.25, -0.2) is 4.98 Å². The molecule has 0 aliphatic rings. The fraction of sp³-hybridized carbons (Fsp3) is 0.150. The lowest BCUT2D eigenvalue weighted by Crippen LogP contribution is -2.22. The Labute approximate surface area is 155 Å². The molecular weight excluding hydrogens is 348 g/mol. The van der Waals surface area contributed by atoms with Crippen LogP contribution in [0.5, 0.6) is 11.5 Å². The third kappa shape index (κ3) is 3.39. The van der Waals surface area contributed by atoms with E-state index in [0.717, 1.165) is 5.56 Å². The number of hydrogen-bond donors (Lipinski definition) is 0. The summed E-state index contributed by atoms with van der Waals surface area (Å²) in [5.74, 6) is -0.131. The van der Waals surface area contributed by atoms with E-state index in [1.807, 2.05) is 6.07 Å². The smallest absolute Gasteiger partial charge is 0.229 e. The molecule has 7 heteroatoms. The first-order valence-electron chi connectivity index (χ1n) is 8.10. The van der Waals surface area contributed by atoms with E-state index in [1.165, 1.54) is 17.6 Å². The highest BCUT2D eigenvalue weighted by Gasteiger charge is 2.15. The number of hydrogen-bond acceptors (Lipinski definition) is 6. The van der Waals surface area contributed by atoms with Crippen LogP contribution in [-0.2, 0) is 0 Å². The molecule has 0 aliphatic heterocycles. The Morgan fingerprint density at radius 2 is 1.81 bits per heavy atom. The molecule has 0 radical (unpaired) electrons. The SMILES string of the molecule is COc1ccc(/C=C/c2nc3c(C(=O)[O-])cccc3n2C(C)=O)cc1OC. The van der Waals surface area contributed by atoms with Gasteiger partial charge in [-0.1, -0.05) is 24.3 Å². The van der Waals surface area contributed by atoms with Crippen molar-refractivity contribution in [1.29, 1.82) is 0 Å². The molecule has 3 rings (SSSR count). The van der Waals surface area contributed by atoms with Crippen molar-refractivity contribution in [2.75, 3.05) is 14.2 Å². The van der Waals surface area contributed by atoms with Gasteiger partial charge in [0.25, 0.3) is 0 Å². The molecule has 0 saturated heterocycles. The molecule has 1 heterocycles. The number of aromatic nitrogens is 2. The number of carboxylic acids is 1. The molecule has 0 atom stereocenters. The fourth-order valence-electron chi connectivity index (χ4n) is 2.85. The number of ether oxygens (including phenoxy) is 2. The molecule has 2 aromatic carbocycles. The van der Waals surface area contributed by atoms with Gasteiger partial charge in [0.15, 0.2) is 11.5 Å². The average Bonchev–Trinajstić information content (AvgIpc) is 3.04. The van der Waals surface area contributed by atoms with Crippen molar-refractivity contribution < 1.29 is 24.2 Å². The number of fused-ring (bicyclic) bond motifs is 1. The minimum atomic E-state index is -1.34. The number of rotatable bonds is 5. The van der Waals surface area contributed by atoms with Crippen LogP contribution in [0.3, 0.4) is 0 Å². The van der Waals surface area contributed by atoms with E-state index in [0.29, 0.717) is 22.8 Å². The highest BCUT2D eigenvalue weighted by atomic mass is 16.5. The average molecular weight is 365 g/mol. The van der Waals surface area contributed by atoms with Crippen LogP contribution in [0.25, 0.3) is 23.2 Å². The van der Waals surface area contributed by atoms with Crippen molar-refractivity contribution in [1.82, 2.24) is 9.55 Å². The van der Waals surface area contributed by atoms with Gasteiger partial charge >= 0.3 is 0 Å². The largest absolute Gasteiger partial charge is 0.545 e. The number of aromatic carboxylic acids is 1. The minimum absolute atomic E-state index is 0.0618. The van der Waals surface area contributed by atoms with Gasteiger partial charge in [0.05, 0.1) is 31.2 Å². The zero-order chi connectivity index (χ0) is 19.6. The van der Waals surface area contributed by atoms with Gasteiger partial charge in [0.2, 0.25) is 5.91 Å². The van der Waals surface area contributed by atoms with Gasteiger partial charge < -0.3 is 19.4 Å². The molecule has 0 amide bonds. The third-order valence-electron chi connectivity index (χ3n) is 4.08. The van der Waals surface area contributed by atoms with Crippen LogP contribution in [0.15, 0.2) is 36.4 Å². The Morgan fingerprint density at radius 3 is 2.44 bits per heavy atom. The molecule has 3 aromatic rings. The maximum atomic E-state index is 12.1. The van der Waals surface area contributed by atoms with Crippen LogP contribution in [0.2, 0.25) is 0 Å². The van der Waals surface area contributed by atoms with Crippen LogP contribution in [0.4, 0.5) is 0 Å². The third-order valence-corrected chi connectivity index (χ3v) is 4.08. The molecule has 0 N–H and O–H groups in total. The van der Waals surface area contributed by atoms with Crippen molar-refractivity contribution in [3.05, 3.63) is 53.3 Å². The van der Waals surface area contributed by atoms with Gasteiger partial charge in [-0.3, -0.25) is 9.36 Å². The number of carbonyl (C=O) groups excluding carboxylic acids is 2. The van der Waals surface area contributed by atoms with Crippen molar-refractivity contribution in [3.8, 4) is 11.5 Å². The van der Waals surface area contributed by atoms with E-state index in [1.54, 1.807) is 50.6 Å². The highest BCUT2D eigenvalue weighted by Crippen LogP contribution is 2.28. The monoisotopic (exact) mass is 365 g/mol. The summed E-state index contributed by atoms with van der Waals surface area (Å²) in [7, 11) is 3.10. The van der Waals surface area contributed by atoms with E-state index >= 15 is 0 Å². The normalized spacial score (nSPS) is 11.1. The number of para-hydroxylation sites is 1. The maximum absolute atomic E-state index is 12.1. The molecule has 7 nitrogen and oxygen atoms in total. The molecule has 1 aromatic heterocycles. The highest BCUT2D eigenvalue weighted by molar-refractivity contribution is 6.03. The van der Waals surface area contributed by atoms with Gasteiger partial charge in [0, 0.05) is 12.5 Å². The van der Waals surface area contributed by atoms with Crippen LogP contribution < -0.4 is 14.6 Å². The lowest BCUT2D eigenvalue weighted by Gasteiger charge is -2.07. The number of benzene rings is 2. The first-order chi connectivity index (χ1) is 13.0. The van der Waals surface area contributed by atoms with Gasteiger partial charge in [-0.05, 0) is 29.8 Å². The predicted octanol–water partition coefficient (Wildman–Crippen LogP) is 2.25. The molecule has 0 unspecified atom stereocenters. The van der Waals surface area contributed by atoms with Crippen LogP contribution >= 0.6 is 0 Å². The standard InChI is InChI=1S/C20H18N2O5/c1-12(23)22-15-6-4-5-14(20(24)25)19(15)21-18(22)10-8-13-7-9-16(26-2)17(11-13)27-3/h4-11H,1-3H3,(H,24,25)/p-1/b10-8+. The summed E-state index contributed by atoms with van der Waals surface area (Å²) >= 11 is 0. The summed E-state index contributed by atoms with van der Waals surface area (Å²) in [5, 5.41) is 11.3. The Kier molecular flexibility index (Phi) is 4.94. The molecule has 0 bridgehead atoms. The topological polar surface area (TPSA) is 93.5 Å². The van der Waals surface area contributed by atoms with Gasteiger partial charge in [-0.2, -0.15) is 0 Å². The first kappa shape index (κ1) is 18.2. The van der Waals surface area contributed by atoms with Crippen molar-refractivity contribution in [2.45, 2.75) is 6.92 Å². The second-order valence-corrected chi connectivity index (χ2v) is 5.73. The number of carbonyl (C=O) groups is 2. The lowest BCUT2D eigenvalue weighted by atomic mass is 10.2.